The minimum atomic E-state index is 0.490. The Morgan fingerprint density at radius 1 is 1.29 bits per heavy atom. The maximum Gasteiger partial charge on any atom is 0.426 e. The first-order valence-electron chi connectivity index (χ1n) is 4.95. The Hall–Kier alpha value is -1.56. The second-order valence-electron chi connectivity index (χ2n) is 3.12. The van der Waals surface area contributed by atoms with E-state index in [2.05, 4.69) is 11.9 Å². The third-order valence-electron chi connectivity index (χ3n) is 1.98. The Morgan fingerprint density at radius 2 is 2.07 bits per heavy atom. The average molecular weight is 191 g/mol. The molecule has 0 fully saturated rings. The number of ether oxygens (including phenoxy) is 1. The largest absolute Gasteiger partial charge is 0.486 e. The van der Waals surface area contributed by atoms with Gasteiger partial charge in [0.05, 0.1) is 6.61 Å². The lowest BCUT2D eigenvalue weighted by atomic mass is 10.2. The molecule has 0 radical (unpaired) electrons. The van der Waals surface area contributed by atoms with Gasteiger partial charge >= 0.3 is 5.69 Å². The summed E-state index contributed by atoms with van der Waals surface area (Å²) in [5.41, 5.74) is 0.490. The fraction of sp³-hybridized carbons (Fsp3) is 0.455. The van der Waals surface area contributed by atoms with Gasteiger partial charge in [0, 0.05) is 6.07 Å². The van der Waals surface area contributed by atoms with Gasteiger partial charge in [0.15, 0.2) is 4.98 Å². The van der Waals surface area contributed by atoms with Crippen molar-refractivity contribution in [3.05, 3.63) is 29.2 Å². The van der Waals surface area contributed by atoms with Gasteiger partial charge in [0.2, 0.25) is 11.1 Å². The summed E-state index contributed by atoms with van der Waals surface area (Å²) in [5, 5.41) is 8.67. The quantitative estimate of drug-likeness (QED) is 0.525. The molecule has 0 saturated carbocycles. The highest BCUT2D eigenvalue weighted by Crippen LogP contribution is 2.26. The molecule has 14 heavy (non-hydrogen) atoms. The number of diazo groups is 1. The minimum Gasteiger partial charge on any atom is -0.486 e. The topological polar surface area (TPSA) is 37.4 Å². The lowest BCUT2D eigenvalue weighted by Gasteiger charge is -2.02. The number of nitrogens with zero attached hydrogens (tertiary/aromatic N) is 2. The van der Waals surface area contributed by atoms with Crippen molar-refractivity contribution in [3.63, 3.8) is 0 Å². The summed E-state index contributed by atoms with van der Waals surface area (Å²) in [4.78, 5) is 3.14. The van der Waals surface area contributed by atoms with Crippen LogP contribution in [0.5, 0.6) is 5.75 Å². The molecule has 0 atom stereocenters. The first kappa shape index (κ1) is 10.5. The molecule has 0 aliphatic heterocycles. The highest BCUT2D eigenvalue weighted by molar-refractivity contribution is 5.56. The third kappa shape index (κ3) is 3.06. The SMILES string of the molecule is CCCCCOc1ccccc1[N+]#N. The molecule has 0 amide bonds. The van der Waals surface area contributed by atoms with Gasteiger partial charge in [0.1, 0.15) is 0 Å². The van der Waals surface area contributed by atoms with E-state index in [9.17, 15) is 0 Å². The number of unbranched alkanes of at least 4 members (excludes halogenated alkanes) is 2. The predicted molar refractivity (Wildman–Crippen MR) is 56.2 cm³/mol. The molecule has 3 nitrogen and oxygen atoms in total. The van der Waals surface area contributed by atoms with E-state index >= 15 is 0 Å². The van der Waals surface area contributed by atoms with Crippen LogP contribution in [-0.4, -0.2) is 6.61 Å². The van der Waals surface area contributed by atoms with Gasteiger partial charge in [0.25, 0.3) is 0 Å². The Bertz CT molecular complexity index is 317. The molecule has 1 aromatic carbocycles. The van der Waals surface area contributed by atoms with E-state index in [1.807, 2.05) is 12.1 Å². The standard InChI is InChI=1S/C11H15N2O/c1-2-3-6-9-14-11-8-5-4-7-10(11)13-12/h4-5,7-8H,2-3,6,9H2,1H3/q+1. The van der Waals surface area contributed by atoms with Gasteiger partial charge in [-0.05, 0) is 12.5 Å². The van der Waals surface area contributed by atoms with Crippen molar-refractivity contribution in [2.75, 3.05) is 6.61 Å². The highest BCUT2D eigenvalue weighted by Gasteiger charge is 2.12. The number of para-hydroxylation sites is 1. The second-order valence-corrected chi connectivity index (χ2v) is 3.12. The lowest BCUT2D eigenvalue weighted by Crippen LogP contribution is -1.96. The second kappa shape index (κ2) is 5.98. The zero-order chi connectivity index (χ0) is 10.2. The van der Waals surface area contributed by atoms with E-state index in [-0.39, 0.29) is 0 Å². The molecule has 0 N–H and O–H groups in total. The molecule has 1 rings (SSSR count). The number of rotatable bonds is 5. The zero-order valence-electron chi connectivity index (χ0n) is 8.44. The summed E-state index contributed by atoms with van der Waals surface area (Å²) < 4.78 is 5.48. The Kier molecular flexibility index (Phi) is 4.49. The molecule has 0 spiro atoms. The molecule has 1 aromatic rings. The molecule has 0 aliphatic carbocycles. The maximum absolute atomic E-state index is 8.67. The van der Waals surface area contributed by atoms with Gasteiger partial charge in [-0.15, -0.1) is 0 Å². The van der Waals surface area contributed by atoms with Crippen LogP contribution in [0.25, 0.3) is 4.98 Å². The summed E-state index contributed by atoms with van der Waals surface area (Å²) >= 11 is 0. The van der Waals surface area contributed by atoms with Gasteiger partial charge < -0.3 is 4.74 Å². The maximum atomic E-state index is 8.67. The lowest BCUT2D eigenvalue weighted by molar-refractivity contribution is 0.308. The Labute approximate surface area is 84.3 Å². The summed E-state index contributed by atoms with van der Waals surface area (Å²) in [5.74, 6) is 0.645. The summed E-state index contributed by atoms with van der Waals surface area (Å²) in [6.07, 6.45) is 3.38. The van der Waals surface area contributed by atoms with Gasteiger partial charge in [-0.1, -0.05) is 31.9 Å². The van der Waals surface area contributed by atoms with E-state index in [1.54, 1.807) is 12.1 Å². The molecule has 0 aliphatic rings. The molecular formula is C11H15N2O+. The molecule has 0 unspecified atom stereocenters. The molecule has 3 heteroatoms. The first-order chi connectivity index (χ1) is 6.88. The average Bonchev–Trinajstić information content (AvgIpc) is 2.25. The molecule has 0 aromatic heterocycles. The van der Waals surface area contributed by atoms with E-state index in [0.29, 0.717) is 18.0 Å². The van der Waals surface area contributed by atoms with Crippen LogP contribution in [0.4, 0.5) is 5.69 Å². The van der Waals surface area contributed by atoms with Crippen LogP contribution in [0.2, 0.25) is 0 Å². The molecule has 74 valence electrons. The Morgan fingerprint density at radius 3 is 2.79 bits per heavy atom. The first-order valence-corrected chi connectivity index (χ1v) is 4.95. The summed E-state index contributed by atoms with van der Waals surface area (Å²) in [6.45, 7) is 2.83. The van der Waals surface area contributed by atoms with E-state index < -0.39 is 0 Å². The van der Waals surface area contributed by atoms with Crippen molar-refractivity contribution in [1.82, 2.24) is 0 Å². The van der Waals surface area contributed by atoms with Crippen LogP contribution in [0.1, 0.15) is 26.2 Å². The highest BCUT2D eigenvalue weighted by atomic mass is 16.5. The van der Waals surface area contributed by atoms with Crippen LogP contribution in [0.3, 0.4) is 0 Å². The van der Waals surface area contributed by atoms with Gasteiger partial charge in [-0.3, -0.25) is 0 Å². The van der Waals surface area contributed by atoms with Crippen molar-refractivity contribution in [2.45, 2.75) is 26.2 Å². The molecule has 0 heterocycles. The summed E-state index contributed by atoms with van der Waals surface area (Å²) in [6, 6.07) is 7.20. The van der Waals surface area contributed by atoms with Crippen LogP contribution >= 0.6 is 0 Å². The van der Waals surface area contributed by atoms with E-state index in [0.717, 1.165) is 6.42 Å². The van der Waals surface area contributed by atoms with Crippen LogP contribution in [-0.2, 0) is 0 Å². The number of hydrogen-bond acceptors (Lipinski definition) is 2. The van der Waals surface area contributed by atoms with Crippen LogP contribution in [0, 0.1) is 5.39 Å². The number of benzene rings is 1. The van der Waals surface area contributed by atoms with Gasteiger partial charge in [-0.25, -0.2) is 0 Å². The molecule has 0 saturated heterocycles. The smallest absolute Gasteiger partial charge is 0.426 e. The van der Waals surface area contributed by atoms with Crippen molar-refractivity contribution >= 4 is 5.69 Å². The number of hydrogen-bond donors (Lipinski definition) is 0. The monoisotopic (exact) mass is 191 g/mol. The van der Waals surface area contributed by atoms with E-state index in [4.69, 9.17) is 10.1 Å². The fourth-order valence-electron chi connectivity index (χ4n) is 1.20. The van der Waals surface area contributed by atoms with Crippen LogP contribution in [0.15, 0.2) is 24.3 Å². The minimum absolute atomic E-state index is 0.490. The summed E-state index contributed by atoms with van der Waals surface area (Å²) in [7, 11) is 0. The van der Waals surface area contributed by atoms with Crippen molar-refractivity contribution in [2.24, 2.45) is 0 Å². The predicted octanol–water partition coefficient (Wildman–Crippen LogP) is 3.74. The third-order valence-corrected chi connectivity index (χ3v) is 1.98. The normalized spacial score (nSPS) is 9.43. The van der Waals surface area contributed by atoms with Gasteiger partial charge in [-0.2, -0.15) is 0 Å². The zero-order valence-corrected chi connectivity index (χ0v) is 8.44. The fourth-order valence-corrected chi connectivity index (χ4v) is 1.20. The van der Waals surface area contributed by atoms with Crippen LogP contribution < -0.4 is 4.74 Å². The van der Waals surface area contributed by atoms with Crippen molar-refractivity contribution in [1.29, 1.82) is 5.39 Å². The molecule has 0 bridgehead atoms. The van der Waals surface area contributed by atoms with Crippen molar-refractivity contribution in [3.8, 4) is 5.75 Å². The van der Waals surface area contributed by atoms with E-state index in [1.165, 1.54) is 12.8 Å². The Balaban J connectivity index is 2.46. The van der Waals surface area contributed by atoms with Crippen molar-refractivity contribution < 1.29 is 4.74 Å². The molecular weight excluding hydrogens is 176 g/mol.